The summed E-state index contributed by atoms with van der Waals surface area (Å²) in [5.41, 5.74) is -0.615. The zero-order valence-electron chi connectivity index (χ0n) is 14.2. The van der Waals surface area contributed by atoms with Crippen molar-refractivity contribution in [3.05, 3.63) is 0 Å². The summed E-state index contributed by atoms with van der Waals surface area (Å²) < 4.78 is 0. The standard InChI is InChI=1S/C17H33NO2/c1-7-8-10-17(15(19)20)14(16(4,5)6)9-11-18(17)12-13(2)3/h13-14H,7-12H2,1-6H3,(H,19,20)/t14?,17-/m0/s1. The average Bonchev–Trinajstić information content (AvgIpc) is 2.65. The van der Waals surface area contributed by atoms with E-state index in [2.05, 4.69) is 46.4 Å². The van der Waals surface area contributed by atoms with Gasteiger partial charge < -0.3 is 5.11 Å². The van der Waals surface area contributed by atoms with Crippen LogP contribution in [-0.4, -0.2) is 34.6 Å². The maximum absolute atomic E-state index is 12.2. The van der Waals surface area contributed by atoms with Gasteiger partial charge in [-0.25, -0.2) is 0 Å². The molecule has 3 nitrogen and oxygen atoms in total. The highest BCUT2D eigenvalue weighted by atomic mass is 16.4. The Morgan fingerprint density at radius 1 is 1.40 bits per heavy atom. The van der Waals surface area contributed by atoms with Crippen molar-refractivity contribution >= 4 is 5.97 Å². The first kappa shape index (κ1) is 17.5. The Kier molecular flexibility index (Phi) is 5.65. The van der Waals surface area contributed by atoms with Crippen molar-refractivity contribution in [2.75, 3.05) is 13.1 Å². The van der Waals surface area contributed by atoms with E-state index >= 15 is 0 Å². The Morgan fingerprint density at radius 2 is 2.00 bits per heavy atom. The SMILES string of the molecule is CCCC[C@@]1(C(=O)O)C(C(C)(C)C)CCN1CC(C)C. The molecule has 0 saturated carbocycles. The second-order valence-electron chi connectivity index (χ2n) is 7.88. The van der Waals surface area contributed by atoms with Crippen LogP contribution in [0.5, 0.6) is 0 Å². The van der Waals surface area contributed by atoms with Crippen LogP contribution >= 0.6 is 0 Å². The van der Waals surface area contributed by atoms with Crippen LogP contribution in [0.15, 0.2) is 0 Å². The lowest BCUT2D eigenvalue weighted by Gasteiger charge is -2.44. The molecule has 0 radical (unpaired) electrons. The maximum Gasteiger partial charge on any atom is 0.324 e. The Labute approximate surface area is 124 Å². The van der Waals surface area contributed by atoms with Gasteiger partial charge in [0, 0.05) is 6.54 Å². The normalized spacial score (nSPS) is 28.2. The van der Waals surface area contributed by atoms with Crippen LogP contribution in [-0.2, 0) is 4.79 Å². The van der Waals surface area contributed by atoms with Crippen molar-refractivity contribution in [2.45, 2.75) is 72.8 Å². The van der Waals surface area contributed by atoms with Gasteiger partial charge in [0.05, 0.1) is 0 Å². The number of carboxylic acid groups (broad SMARTS) is 1. The van der Waals surface area contributed by atoms with E-state index in [-0.39, 0.29) is 11.3 Å². The Hall–Kier alpha value is -0.570. The van der Waals surface area contributed by atoms with Crippen molar-refractivity contribution in [3.8, 4) is 0 Å². The molecule has 0 amide bonds. The highest BCUT2D eigenvalue weighted by Crippen LogP contribution is 2.48. The Balaban J connectivity index is 3.17. The van der Waals surface area contributed by atoms with E-state index in [4.69, 9.17) is 0 Å². The van der Waals surface area contributed by atoms with Crippen molar-refractivity contribution < 1.29 is 9.90 Å². The van der Waals surface area contributed by atoms with Crippen molar-refractivity contribution in [1.29, 1.82) is 0 Å². The lowest BCUT2D eigenvalue weighted by molar-refractivity contribution is -0.156. The second kappa shape index (κ2) is 6.46. The van der Waals surface area contributed by atoms with Crippen LogP contribution in [0.25, 0.3) is 0 Å². The van der Waals surface area contributed by atoms with Crippen LogP contribution in [0.4, 0.5) is 0 Å². The number of rotatable bonds is 6. The average molecular weight is 283 g/mol. The first-order valence-electron chi connectivity index (χ1n) is 8.14. The van der Waals surface area contributed by atoms with Crippen molar-refractivity contribution in [2.24, 2.45) is 17.3 Å². The van der Waals surface area contributed by atoms with Gasteiger partial charge in [-0.1, -0.05) is 54.4 Å². The predicted octanol–water partition coefficient (Wildman–Crippen LogP) is 4.02. The fourth-order valence-corrected chi connectivity index (χ4v) is 3.96. The molecule has 1 unspecified atom stereocenters. The number of hydrogen-bond acceptors (Lipinski definition) is 2. The zero-order valence-corrected chi connectivity index (χ0v) is 14.2. The summed E-state index contributed by atoms with van der Waals surface area (Å²) in [6.45, 7) is 14.9. The molecule has 2 atom stereocenters. The smallest absolute Gasteiger partial charge is 0.324 e. The molecule has 118 valence electrons. The van der Waals surface area contributed by atoms with Gasteiger partial charge in [-0.2, -0.15) is 0 Å². The van der Waals surface area contributed by atoms with Crippen LogP contribution in [0.1, 0.15) is 67.2 Å². The molecule has 1 rings (SSSR count). The molecule has 1 heterocycles. The number of likely N-dealkylation sites (tertiary alicyclic amines) is 1. The number of carboxylic acids is 1. The fraction of sp³-hybridized carbons (Fsp3) is 0.941. The molecule has 0 bridgehead atoms. The molecule has 0 spiro atoms. The van der Waals surface area contributed by atoms with Crippen LogP contribution in [0.2, 0.25) is 0 Å². The Bertz CT molecular complexity index is 332. The molecular formula is C17H33NO2. The number of aliphatic carboxylic acids is 1. The van der Waals surface area contributed by atoms with Gasteiger partial charge in [-0.15, -0.1) is 0 Å². The molecular weight excluding hydrogens is 250 g/mol. The van der Waals surface area contributed by atoms with Crippen LogP contribution < -0.4 is 0 Å². The fourth-order valence-electron chi connectivity index (χ4n) is 3.96. The monoisotopic (exact) mass is 283 g/mol. The number of nitrogens with zero attached hydrogens (tertiary/aromatic N) is 1. The van der Waals surface area contributed by atoms with Crippen LogP contribution in [0.3, 0.4) is 0 Å². The van der Waals surface area contributed by atoms with Crippen molar-refractivity contribution in [1.82, 2.24) is 4.90 Å². The molecule has 0 aromatic carbocycles. The van der Waals surface area contributed by atoms with Gasteiger partial charge in [-0.05, 0) is 36.6 Å². The van der Waals surface area contributed by atoms with E-state index in [1.54, 1.807) is 0 Å². The van der Waals surface area contributed by atoms with Gasteiger partial charge in [-0.3, -0.25) is 9.69 Å². The summed E-state index contributed by atoms with van der Waals surface area (Å²) in [5, 5.41) is 10.1. The number of carbonyl (C=O) groups is 1. The summed E-state index contributed by atoms with van der Waals surface area (Å²) in [7, 11) is 0. The van der Waals surface area contributed by atoms with Gasteiger partial charge in [0.1, 0.15) is 5.54 Å². The van der Waals surface area contributed by atoms with Gasteiger partial charge in [0.2, 0.25) is 0 Å². The lowest BCUT2D eigenvalue weighted by Crippen LogP contribution is -2.57. The minimum Gasteiger partial charge on any atom is -0.480 e. The van der Waals surface area contributed by atoms with Crippen molar-refractivity contribution in [3.63, 3.8) is 0 Å². The minimum absolute atomic E-state index is 0.0395. The topological polar surface area (TPSA) is 40.5 Å². The summed E-state index contributed by atoms with van der Waals surface area (Å²) in [6, 6.07) is 0. The molecule has 1 N–H and O–H groups in total. The van der Waals surface area contributed by atoms with E-state index in [0.717, 1.165) is 38.8 Å². The summed E-state index contributed by atoms with van der Waals surface area (Å²) in [5.74, 6) is 0.135. The zero-order chi connectivity index (χ0) is 15.6. The number of unbranched alkanes of at least 4 members (excludes halogenated alkanes) is 1. The molecule has 1 fully saturated rings. The quantitative estimate of drug-likeness (QED) is 0.800. The first-order valence-corrected chi connectivity index (χ1v) is 8.14. The van der Waals surface area contributed by atoms with E-state index in [1.165, 1.54) is 0 Å². The van der Waals surface area contributed by atoms with Crippen LogP contribution in [0, 0.1) is 17.3 Å². The van der Waals surface area contributed by atoms with Gasteiger partial charge in [0.25, 0.3) is 0 Å². The minimum atomic E-state index is -0.654. The third kappa shape index (κ3) is 3.36. The van der Waals surface area contributed by atoms with Gasteiger partial charge >= 0.3 is 5.97 Å². The third-order valence-electron chi connectivity index (χ3n) is 4.74. The summed E-state index contributed by atoms with van der Waals surface area (Å²) in [4.78, 5) is 14.5. The molecule has 0 aromatic rings. The molecule has 0 aliphatic carbocycles. The van der Waals surface area contributed by atoms with Gasteiger partial charge in [0.15, 0.2) is 0 Å². The molecule has 20 heavy (non-hydrogen) atoms. The lowest BCUT2D eigenvalue weighted by atomic mass is 9.67. The largest absolute Gasteiger partial charge is 0.480 e. The predicted molar refractivity (Wildman–Crippen MR) is 83.9 cm³/mol. The van der Waals surface area contributed by atoms with E-state index < -0.39 is 11.5 Å². The molecule has 1 aliphatic heterocycles. The highest BCUT2D eigenvalue weighted by molar-refractivity contribution is 5.80. The molecule has 1 aliphatic rings. The molecule has 0 aromatic heterocycles. The number of hydrogen-bond donors (Lipinski definition) is 1. The Morgan fingerprint density at radius 3 is 2.40 bits per heavy atom. The first-order chi connectivity index (χ1) is 9.16. The summed E-state index contributed by atoms with van der Waals surface area (Å²) >= 11 is 0. The molecule has 3 heteroatoms. The summed E-state index contributed by atoms with van der Waals surface area (Å²) in [6.07, 6.45) is 3.84. The highest BCUT2D eigenvalue weighted by Gasteiger charge is 2.57. The third-order valence-corrected chi connectivity index (χ3v) is 4.74. The van der Waals surface area contributed by atoms with E-state index in [0.29, 0.717) is 5.92 Å². The molecule has 1 saturated heterocycles. The van der Waals surface area contributed by atoms with E-state index in [1.807, 2.05) is 0 Å². The second-order valence-corrected chi connectivity index (χ2v) is 7.88. The van der Waals surface area contributed by atoms with E-state index in [9.17, 15) is 9.90 Å². The maximum atomic E-state index is 12.2.